The van der Waals surface area contributed by atoms with E-state index in [1.165, 1.54) is 10.5 Å². The Morgan fingerprint density at radius 2 is 1.82 bits per heavy atom. The van der Waals surface area contributed by atoms with Gasteiger partial charge in [0, 0.05) is 24.9 Å². The molecular formula is C21H28N4O2S. The van der Waals surface area contributed by atoms with Crippen LogP contribution in [0.25, 0.3) is 10.2 Å². The second kappa shape index (κ2) is 7.78. The van der Waals surface area contributed by atoms with E-state index < -0.39 is 0 Å². The summed E-state index contributed by atoms with van der Waals surface area (Å²) in [5.74, 6) is 2.32. The molecule has 1 aliphatic carbocycles. The maximum Gasteiger partial charge on any atom is 0.229 e. The van der Waals surface area contributed by atoms with Gasteiger partial charge in [-0.3, -0.25) is 14.5 Å². The summed E-state index contributed by atoms with van der Waals surface area (Å²) < 4.78 is 0. The highest BCUT2D eigenvalue weighted by atomic mass is 32.1. The van der Waals surface area contributed by atoms with Gasteiger partial charge < -0.3 is 5.32 Å². The predicted octanol–water partition coefficient (Wildman–Crippen LogP) is 4.07. The van der Waals surface area contributed by atoms with Gasteiger partial charge in [0.1, 0.15) is 16.5 Å². The van der Waals surface area contributed by atoms with Gasteiger partial charge in [-0.2, -0.15) is 0 Å². The fourth-order valence-electron chi connectivity index (χ4n) is 4.47. The van der Waals surface area contributed by atoms with Gasteiger partial charge in [-0.1, -0.05) is 13.8 Å². The standard InChI is InChI=1S/C21H28N4O2S/c1-12(2)10-14-11-28-21-19(14)20(22-13(3)23-21)24-15-4-6-16(7-5-15)25-17(26)8-9-18(25)27/h11-12,15-16H,4-10H2,1-3H3,(H,22,23,24). The minimum atomic E-state index is 0.00569. The molecule has 1 aliphatic heterocycles. The summed E-state index contributed by atoms with van der Waals surface area (Å²) in [5, 5.41) is 7.04. The molecular weight excluding hydrogens is 372 g/mol. The van der Waals surface area contributed by atoms with Crippen molar-refractivity contribution in [1.29, 1.82) is 0 Å². The SMILES string of the molecule is Cc1nc(NC2CCC(N3C(=O)CCC3=O)CC2)c2c(CC(C)C)csc2n1. The Kier molecular flexibility index (Phi) is 5.36. The highest BCUT2D eigenvalue weighted by Gasteiger charge is 2.37. The number of imide groups is 1. The number of nitrogens with zero attached hydrogens (tertiary/aromatic N) is 3. The van der Waals surface area contributed by atoms with Crippen LogP contribution in [0.1, 0.15) is 63.8 Å². The van der Waals surface area contributed by atoms with Crippen molar-refractivity contribution in [3.8, 4) is 0 Å². The summed E-state index contributed by atoms with van der Waals surface area (Å²) in [7, 11) is 0. The van der Waals surface area contributed by atoms with Crippen LogP contribution in [-0.2, 0) is 16.0 Å². The Hall–Kier alpha value is -2.02. The predicted molar refractivity (Wildman–Crippen MR) is 111 cm³/mol. The molecule has 7 heteroatoms. The number of carbonyl (C=O) groups is 2. The van der Waals surface area contributed by atoms with Crippen molar-refractivity contribution in [2.45, 2.75) is 77.8 Å². The number of nitrogens with one attached hydrogen (secondary N) is 1. The Morgan fingerprint density at radius 3 is 2.46 bits per heavy atom. The molecule has 1 saturated heterocycles. The van der Waals surface area contributed by atoms with Crippen LogP contribution in [0.15, 0.2) is 5.38 Å². The maximum absolute atomic E-state index is 12.0. The Morgan fingerprint density at radius 1 is 1.14 bits per heavy atom. The molecule has 2 fully saturated rings. The van der Waals surface area contributed by atoms with Gasteiger partial charge in [-0.05, 0) is 55.9 Å². The van der Waals surface area contributed by atoms with Gasteiger partial charge in [-0.15, -0.1) is 11.3 Å². The molecule has 28 heavy (non-hydrogen) atoms. The van der Waals surface area contributed by atoms with Crippen molar-refractivity contribution < 1.29 is 9.59 Å². The van der Waals surface area contributed by atoms with Crippen LogP contribution in [-0.4, -0.2) is 38.8 Å². The summed E-state index contributed by atoms with van der Waals surface area (Å²) in [6.45, 7) is 6.40. The highest BCUT2D eigenvalue weighted by molar-refractivity contribution is 7.17. The fraction of sp³-hybridized carbons (Fsp3) is 0.619. The largest absolute Gasteiger partial charge is 0.367 e. The number of aromatic nitrogens is 2. The summed E-state index contributed by atoms with van der Waals surface area (Å²) in [5.41, 5.74) is 1.32. The Labute approximate surface area is 169 Å². The van der Waals surface area contributed by atoms with Crippen molar-refractivity contribution in [3.63, 3.8) is 0 Å². The smallest absolute Gasteiger partial charge is 0.229 e. The first kappa shape index (κ1) is 19.3. The first-order chi connectivity index (χ1) is 13.4. The third kappa shape index (κ3) is 3.77. The number of amides is 2. The molecule has 0 atom stereocenters. The highest BCUT2D eigenvalue weighted by Crippen LogP contribution is 2.34. The quantitative estimate of drug-likeness (QED) is 0.766. The lowest BCUT2D eigenvalue weighted by atomic mass is 9.90. The van der Waals surface area contributed by atoms with Crippen LogP contribution >= 0.6 is 11.3 Å². The van der Waals surface area contributed by atoms with Crippen molar-refractivity contribution in [3.05, 3.63) is 16.8 Å². The van der Waals surface area contributed by atoms with E-state index >= 15 is 0 Å². The van der Waals surface area contributed by atoms with Crippen LogP contribution in [0, 0.1) is 12.8 Å². The maximum atomic E-state index is 12.0. The van der Waals surface area contributed by atoms with E-state index in [4.69, 9.17) is 4.98 Å². The minimum Gasteiger partial charge on any atom is -0.367 e. The van der Waals surface area contributed by atoms with Crippen molar-refractivity contribution in [2.24, 2.45) is 5.92 Å². The van der Waals surface area contributed by atoms with E-state index in [2.05, 4.69) is 29.5 Å². The zero-order valence-corrected chi connectivity index (χ0v) is 17.6. The van der Waals surface area contributed by atoms with Crippen LogP contribution in [0.3, 0.4) is 0 Å². The molecule has 2 aromatic heterocycles. The first-order valence-electron chi connectivity index (χ1n) is 10.3. The van der Waals surface area contributed by atoms with E-state index in [-0.39, 0.29) is 17.9 Å². The monoisotopic (exact) mass is 400 g/mol. The normalized spacial score (nSPS) is 23.2. The van der Waals surface area contributed by atoms with Crippen LogP contribution in [0.2, 0.25) is 0 Å². The lowest BCUT2D eigenvalue weighted by molar-refractivity contribution is -0.141. The van der Waals surface area contributed by atoms with Crippen molar-refractivity contribution in [2.75, 3.05) is 5.32 Å². The molecule has 0 aromatic carbocycles. The van der Waals surface area contributed by atoms with Crippen LogP contribution in [0.4, 0.5) is 5.82 Å². The summed E-state index contributed by atoms with van der Waals surface area (Å²) >= 11 is 1.69. The Balaban J connectivity index is 1.49. The molecule has 6 nitrogen and oxygen atoms in total. The van der Waals surface area contributed by atoms with E-state index in [1.807, 2.05) is 6.92 Å². The number of anilines is 1. The number of hydrogen-bond donors (Lipinski definition) is 1. The topological polar surface area (TPSA) is 75.2 Å². The summed E-state index contributed by atoms with van der Waals surface area (Å²) in [6.07, 6.45) is 5.40. The first-order valence-corrected chi connectivity index (χ1v) is 11.2. The average Bonchev–Trinajstić information content (AvgIpc) is 3.18. The number of rotatable bonds is 5. The second-order valence-corrected chi connectivity index (χ2v) is 9.32. The number of carbonyl (C=O) groups excluding carboxylic acids is 2. The van der Waals surface area contributed by atoms with Gasteiger partial charge >= 0.3 is 0 Å². The molecule has 2 aliphatic rings. The number of hydrogen-bond acceptors (Lipinski definition) is 6. The molecule has 1 saturated carbocycles. The summed E-state index contributed by atoms with van der Waals surface area (Å²) in [4.78, 5) is 35.9. The molecule has 2 amide bonds. The third-order valence-corrected chi connectivity index (χ3v) is 6.66. The second-order valence-electron chi connectivity index (χ2n) is 8.47. The third-order valence-electron chi connectivity index (χ3n) is 5.74. The van der Waals surface area contributed by atoms with E-state index in [9.17, 15) is 9.59 Å². The van der Waals surface area contributed by atoms with E-state index in [0.717, 1.165) is 54.0 Å². The van der Waals surface area contributed by atoms with E-state index in [0.29, 0.717) is 24.8 Å². The lowest BCUT2D eigenvalue weighted by Crippen LogP contribution is -2.43. The number of fused-ring (bicyclic) bond motifs is 1. The van der Waals surface area contributed by atoms with E-state index in [1.54, 1.807) is 11.3 Å². The molecule has 1 N–H and O–H groups in total. The molecule has 2 aromatic rings. The average molecular weight is 401 g/mol. The van der Waals surface area contributed by atoms with Gasteiger partial charge in [0.25, 0.3) is 0 Å². The molecule has 0 radical (unpaired) electrons. The number of thiophene rings is 1. The zero-order valence-electron chi connectivity index (χ0n) is 16.8. The Bertz CT molecular complexity index is 883. The number of aryl methyl sites for hydroxylation is 1. The molecule has 0 bridgehead atoms. The molecule has 4 rings (SSSR count). The summed E-state index contributed by atoms with van der Waals surface area (Å²) in [6, 6.07) is 0.388. The molecule has 0 unspecified atom stereocenters. The van der Waals surface area contributed by atoms with Crippen LogP contribution < -0.4 is 5.32 Å². The van der Waals surface area contributed by atoms with Gasteiger partial charge in [0.15, 0.2) is 0 Å². The molecule has 150 valence electrons. The fourth-order valence-corrected chi connectivity index (χ4v) is 5.47. The van der Waals surface area contributed by atoms with Crippen molar-refractivity contribution >= 4 is 39.2 Å². The molecule has 0 spiro atoms. The van der Waals surface area contributed by atoms with Gasteiger partial charge in [0.05, 0.1) is 5.39 Å². The molecule has 3 heterocycles. The lowest BCUT2D eigenvalue weighted by Gasteiger charge is -2.34. The minimum absolute atomic E-state index is 0.00569. The van der Waals surface area contributed by atoms with Crippen molar-refractivity contribution in [1.82, 2.24) is 14.9 Å². The van der Waals surface area contributed by atoms with Crippen LogP contribution in [0.5, 0.6) is 0 Å². The van der Waals surface area contributed by atoms with Gasteiger partial charge in [-0.25, -0.2) is 9.97 Å². The number of likely N-dealkylation sites (tertiary alicyclic amines) is 1. The van der Waals surface area contributed by atoms with Gasteiger partial charge in [0.2, 0.25) is 11.8 Å². The zero-order chi connectivity index (χ0) is 19.8.